The van der Waals surface area contributed by atoms with Crippen LogP contribution in [0, 0.1) is 18.6 Å². The minimum absolute atomic E-state index is 0.0761. The maximum absolute atomic E-state index is 15.7. The predicted molar refractivity (Wildman–Crippen MR) is 142 cm³/mol. The van der Waals surface area contributed by atoms with E-state index >= 15 is 4.39 Å². The van der Waals surface area contributed by atoms with Crippen molar-refractivity contribution in [2.75, 3.05) is 11.3 Å². The first-order valence-corrected chi connectivity index (χ1v) is 12.9. The topological polar surface area (TPSA) is 70.0 Å². The van der Waals surface area contributed by atoms with E-state index in [4.69, 9.17) is 11.6 Å². The summed E-state index contributed by atoms with van der Waals surface area (Å²) in [5.41, 5.74) is 2.84. The fraction of sp³-hybridized carbons (Fsp3) is 0.280. The van der Waals surface area contributed by atoms with Gasteiger partial charge in [0.05, 0.1) is 36.7 Å². The molecular weight excluding hydrogens is 492 g/mol. The summed E-state index contributed by atoms with van der Waals surface area (Å²) < 4.78 is 46.6. The molecule has 0 amide bonds. The zero-order valence-electron chi connectivity index (χ0n) is 19.9. The van der Waals surface area contributed by atoms with E-state index in [0.29, 0.717) is 30.8 Å². The van der Waals surface area contributed by atoms with Crippen LogP contribution >= 0.6 is 11.6 Å². The van der Waals surface area contributed by atoms with E-state index in [0.717, 1.165) is 11.3 Å². The highest BCUT2D eigenvalue weighted by Gasteiger charge is 2.30. The summed E-state index contributed by atoms with van der Waals surface area (Å²) in [7, 11) is -3.22. The number of likely N-dealkylation sites (tertiary alicyclic amines) is 1. The summed E-state index contributed by atoms with van der Waals surface area (Å²) >= 11 is 6.00. The lowest BCUT2D eigenvalue weighted by atomic mass is 9.87. The third-order valence-corrected chi connectivity index (χ3v) is 7.96. The van der Waals surface area contributed by atoms with Crippen molar-refractivity contribution in [2.24, 2.45) is 10.2 Å². The van der Waals surface area contributed by atoms with E-state index in [1.165, 1.54) is 24.4 Å². The van der Waals surface area contributed by atoms with Gasteiger partial charge in [-0.15, -0.1) is 0 Å². The number of hydrogen-bond acceptors (Lipinski definition) is 5. The lowest BCUT2D eigenvalue weighted by Crippen LogP contribution is -2.31. The molecule has 35 heavy (non-hydrogen) atoms. The van der Waals surface area contributed by atoms with Crippen LogP contribution in [0.15, 0.2) is 63.5 Å². The quantitative estimate of drug-likeness (QED) is 0.273. The van der Waals surface area contributed by atoms with Crippen molar-refractivity contribution < 1.29 is 13.0 Å². The molecule has 1 aromatic carbocycles. The zero-order valence-corrected chi connectivity index (χ0v) is 21.5. The number of anilines is 1. The molecule has 0 aliphatic carbocycles. The van der Waals surface area contributed by atoms with Crippen LogP contribution in [-0.2, 0) is 9.71 Å². The molecule has 1 aliphatic heterocycles. The monoisotopic (exact) mass is 519 g/mol. The first-order valence-electron chi connectivity index (χ1n) is 10.8. The van der Waals surface area contributed by atoms with Gasteiger partial charge in [-0.05, 0) is 69.5 Å². The number of allylic oxidation sites excluding steroid dienone is 2. The molecule has 186 valence electrons. The fourth-order valence-corrected chi connectivity index (χ4v) is 5.88. The van der Waals surface area contributed by atoms with Crippen LogP contribution in [0.5, 0.6) is 0 Å². The van der Waals surface area contributed by atoms with Gasteiger partial charge in [0.1, 0.15) is 5.82 Å². The maximum atomic E-state index is 15.7. The average Bonchev–Trinajstić information content (AvgIpc) is 2.82. The molecular formula is C25H28ClF2N5OS. The van der Waals surface area contributed by atoms with Crippen molar-refractivity contribution in [2.45, 2.75) is 44.4 Å². The van der Waals surface area contributed by atoms with Crippen LogP contribution in [0.3, 0.4) is 0 Å². The van der Waals surface area contributed by atoms with Gasteiger partial charge in [-0.2, -0.15) is 10.2 Å². The van der Waals surface area contributed by atoms with Gasteiger partial charge in [0.25, 0.3) is 0 Å². The molecule has 2 aromatic rings. The molecule has 1 aromatic heterocycles. The van der Waals surface area contributed by atoms with Crippen molar-refractivity contribution in [3.8, 4) is 0 Å². The number of rotatable bonds is 7. The highest BCUT2D eigenvalue weighted by molar-refractivity contribution is 8.01. The van der Waals surface area contributed by atoms with Crippen molar-refractivity contribution in [3.05, 3.63) is 76.4 Å². The number of hydrogen-bond donors (Lipinski definition) is 1. The largest absolute Gasteiger partial charge is 0.351 e. The van der Waals surface area contributed by atoms with Gasteiger partial charge < -0.3 is 9.62 Å². The van der Waals surface area contributed by atoms with E-state index < -0.39 is 27.3 Å². The molecule has 1 unspecified atom stereocenters. The Morgan fingerprint density at radius 2 is 2.09 bits per heavy atom. The normalized spacial score (nSPS) is 19.7. The van der Waals surface area contributed by atoms with Gasteiger partial charge in [0, 0.05) is 36.6 Å². The molecule has 0 saturated carbocycles. The van der Waals surface area contributed by atoms with Gasteiger partial charge >= 0.3 is 0 Å². The summed E-state index contributed by atoms with van der Waals surface area (Å²) in [4.78, 5) is 6.22. The van der Waals surface area contributed by atoms with Gasteiger partial charge in [0.15, 0.2) is 5.82 Å². The van der Waals surface area contributed by atoms with Crippen molar-refractivity contribution in [1.82, 2.24) is 9.88 Å². The summed E-state index contributed by atoms with van der Waals surface area (Å²) in [6, 6.07) is 3.86. The lowest BCUT2D eigenvalue weighted by molar-refractivity contribution is 0.329. The van der Waals surface area contributed by atoms with Crippen molar-refractivity contribution in [1.29, 1.82) is 0 Å². The Morgan fingerprint density at radius 1 is 1.37 bits per heavy atom. The summed E-state index contributed by atoms with van der Waals surface area (Å²) in [5.74, 6) is 1.80. The minimum atomic E-state index is -3.22. The van der Waals surface area contributed by atoms with Gasteiger partial charge in [-0.25, -0.2) is 13.0 Å². The number of pyridine rings is 1. The smallest absolute Gasteiger partial charge is 0.153 e. The van der Waals surface area contributed by atoms with E-state index in [1.54, 1.807) is 13.1 Å². The number of piperidine rings is 1. The molecule has 3 rings (SSSR count). The standard InChI is InChI=1S/C25H28ClF2N5OS/c1-7-33-14-18(8-11-22(33)15(2)16(3)31-29-5)24-20(27)9-10-21(25(24)28)32-35(6,34)23-12-19(26)13-30-17(23)4/h7,9-10,12-13,18H,1,5-6,8,11,14H2,2-4H3,(H,32,34)/b22-15+,31-16+/t18-,35?/m0/s1. The van der Waals surface area contributed by atoms with Crippen LogP contribution in [-0.4, -0.2) is 38.9 Å². The Morgan fingerprint density at radius 3 is 2.74 bits per heavy atom. The van der Waals surface area contributed by atoms with Crippen molar-refractivity contribution in [3.63, 3.8) is 0 Å². The van der Waals surface area contributed by atoms with Crippen LogP contribution in [0.25, 0.3) is 0 Å². The van der Waals surface area contributed by atoms with Gasteiger partial charge in [-0.1, -0.05) is 18.2 Å². The summed E-state index contributed by atoms with van der Waals surface area (Å²) in [6.07, 6.45) is 4.12. The molecule has 6 nitrogen and oxygen atoms in total. The Bertz CT molecular complexity index is 1340. The van der Waals surface area contributed by atoms with Gasteiger partial charge in [0.2, 0.25) is 0 Å². The Balaban J connectivity index is 1.96. The Kier molecular flexibility index (Phi) is 8.12. The number of nitrogens with one attached hydrogen (secondary N) is 1. The lowest BCUT2D eigenvalue weighted by Gasteiger charge is -2.36. The van der Waals surface area contributed by atoms with E-state index in [-0.39, 0.29) is 21.2 Å². The van der Waals surface area contributed by atoms with Crippen molar-refractivity contribution >= 4 is 45.3 Å². The van der Waals surface area contributed by atoms with Crippen LogP contribution in [0.4, 0.5) is 14.5 Å². The fourth-order valence-electron chi connectivity index (χ4n) is 4.18. The molecule has 1 saturated heterocycles. The minimum Gasteiger partial charge on any atom is -0.351 e. The van der Waals surface area contributed by atoms with E-state index in [1.807, 2.05) is 18.7 Å². The maximum Gasteiger partial charge on any atom is 0.153 e. The number of aromatic nitrogens is 1. The molecule has 0 bridgehead atoms. The van der Waals surface area contributed by atoms with Gasteiger partial charge in [-0.3, -0.25) is 4.98 Å². The number of nitrogens with zero attached hydrogens (tertiary/aromatic N) is 4. The SMILES string of the molecule is C=CN1C[C@@H](c2c(F)ccc(NS(=C)(=O)c3cc(Cl)cnc3C)c2F)CC/C1=C(C)\C(C)=N\N=C. The molecule has 1 aliphatic rings. The van der Waals surface area contributed by atoms with Crippen LogP contribution in [0.1, 0.15) is 43.9 Å². The Labute approximate surface area is 210 Å². The number of aryl methyl sites for hydroxylation is 1. The molecule has 1 fully saturated rings. The average molecular weight is 520 g/mol. The highest BCUT2D eigenvalue weighted by Crippen LogP contribution is 2.38. The summed E-state index contributed by atoms with van der Waals surface area (Å²) in [5, 5.41) is 7.84. The third kappa shape index (κ3) is 5.62. The highest BCUT2D eigenvalue weighted by atomic mass is 35.5. The number of benzene rings is 1. The summed E-state index contributed by atoms with van der Waals surface area (Å²) in [6.45, 7) is 13.0. The molecule has 0 radical (unpaired) electrons. The second kappa shape index (κ2) is 10.7. The molecule has 0 spiro atoms. The van der Waals surface area contributed by atoms with E-state index in [9.17, 15) is 8.60 Å². The van der Waals surface area contributed by atoms with E-state index in [2.05, 4.69) is 39.1 Å². The van der Waals surface area contributed by atoms with Crippen LogP contribution < -0.4 is 4.72 Å². The molecule has 10 heteroatoms. The second-order valence-electron chi connectivity index (χ2n) is 8.31. The molecule has 1 N–H and O–H groups in total. The molecule has 2 atom stereocenters. The predicted octanol–water partition coefficient (Wildman–Crippen LogP) is 6.10. The third-order valence-electron chi connectivity index (χ3n) is 6.08. The first-order chi connectivity index (χ1) is 16.5. The Hall–Kier alpha value is -3.04. The first kappa shape index (κ1) is 26.6. The second-order valence-corrected chi connectivity index (χ2v) is 10.7. The molecule has 2 heterocycles. The number of halogens is 3. The van der Waals surface area contributed by atoms with Crippen LogP contribution in [0.2, 0.25) is 5.02 Å². The zero-order chi connectivity index (χ0) is 25.9.